The van der Waals surface area contributed by atoms with Crippen LogP contribution < -0.4 is 5.32 Å². The summed E-state index contributed by atoms with van der Waals surface area (Å²) >= 11 is 0. The third kappa shape index (κ3) is 5.84. The van der Waals surface area contributed by atoms with E-state index < -0.39 is 12.1 Å². The number of benzene rings is 1. The Hall–Kier alpha value is -3.62. The van der Waals surface area contributed by atoms with Gasteiger partial charge in [-0.1, -0.05) is 32.4 Å². The van der Waals surface area contributed by atoms with Gasteiger partial charge in [-0.25, -0.2) is 4.79 Å². The summed E-state index contributed by atoms with van der Waals surface area (Å²) in [6, 6.07) is 12.7. The number of hydrogen-bond acceptors (Lipinski definition) is 3. The molecule has 0 spiro atoms. The number of nitrogens with zero attached hydrogens (tertiary/aromatic N) is 1. The molecule has 3 aromatic rings. The van der Waals surface area contributed by atoms with Gasteiger partial charge in [-0.3, -0.25) is 9.78 Å². The molecule has 4 rings (SSSR count). The van der Waals surface area contributed by atoms with Crippen LogP contribution >= 0.6 is 0 Å². The van der Waals surface area contributed by atoms with E-state index in [1.165, 1.54) is 11.1 Å². The smallest absolute Gasteiger partial charge is 0.475 e. The third-order valence-corrected chi connectivity index (χ3v) is 5.36. The van der Waals surface area contributed by atoms with E-state index >= 15 is 0 Å². The fourth-order valence-corrected chi connectivity index (χ4v) is 3.57. The predicted molar refractivity (Wildman–Crippen MR) is 123 cm³/mol. The Morgan fingerprint density at radius 1 is 1.06 bits per heavy atom. The zero-order valence-corrected chi connectivity index (χ0v) is 19.3. The molecule has 0 atom stereocenters. The van der Waals surface area contributed by atoms with Gasteiger partial charge in [0.2, 0.25) is 0 Å². The number of rotatable bonds is 2. The molecule has 1 aliphatic rings. The number of H-pyrrole nitrogens is 1. The quantitative estimate of drug-likeness (QED) is 0.473. The number of fused-ring (bicyclic) bond motifs is 1. The molecular weight excluding hydrogens is 447 g/mol. The Morgan fingerprint density at radius 2 is 1.74 bits per heavy atom. The number of aromatic nitrogens is 2. The largest absolute Gasteiger partial charge is 0.490 e. The van der Waals surface area contributed by atoms with Gasteiger partial charge in [-0.05, 0) is 48.2 Å². The molecule has 1 aliphatic heterocycles. The fraction of sp³-hybridized carbons (Fsp3) is 0.320. The first kappa shape index (κ1) is 25.0. The zero-order valence-electron chi connectivity index (χ0n) is 19.3. The van der Waals surface area contributed by atoms with E-state index in [9.17, 15) is 18.0 Å². The Bertz CT molecular complexity index is 1220. The van der Waals surface area contributed by atoms with Gasteiger partial charge in [0.1, 0.15) is 0 Å². The van der Waals surface area contributed by atoms with Crippen molar-refractivity contribution < 1.29 is 27.9 Å². The SMILES string of the molecule is Cc1cc(-c2cc(-c3cc4c([nH]3)CCNC4=O)ccn2)cc(C(C)(C)C)c1.O=C(O)C(F)(F)F. The molecule has 0 fully saturated rings. The van der Waals surface area contributed by atoms with Gasteiger partial charge in [0.25, 0.3) is 5.91 Å². The van der Waals surface area contributed by atoms with Crippen molar-refractivity contribution in [1.29, 1.82) is 0 Å². The number of amides is 1. The number of aryl methyl sites for hydroxylation is 1. The number of nitrogens with one attached hydrogen (secondary N) is 2. The van der Waals surface area contributed by atoms with E-state index in [-0.39, 0.29) is 11.3 Å². The summed E-state index contributed by atoms with van der Waals surface area (Å²) in [6.07, 6.45) is -2.41. The topological polar surface area (TPSA) is 95.1 Å². The normalized spacial score (nSPS) is 13.4. The van der Waals surface area contributed by atoms with E-state index in [0.29, 0.717) is 6.54 Å². The number of pyridine rings is 1. The summed E-state index contributed by atoms with van der Waals surface area (Å²) in [5.74, 6) is -2.76. The first-order chi connectivity index (χ1) is 15.8. The molecule has 1 aromatic carbocycles. The highest BCUT2D eigenvalue weighted by Crippen LogP contribution is 2.31. The molecule has 2 aromatic heterocycles. The summed E-state index contributed by atoms with van der Waals surface area (Å²) in [5.41, 5.74) is 8.45. The number of hydrogen-bond donors (Lipinski definition) is 3. The zero-order chi connectivity index (χ0) is 25.3. The lowest BCUT2D eigenvalue weighted by Crippen LogP contribution is -2.31. The lowest BCUT2D eigenvalue weighted by atomic mass is 9.84. The van der Waals surface area contributed by atoms with Crippen molar-refractivity contribution in [3.63, 3.8) is 0 Å². The van der Waals surface area contributed by atoms with Crippen LogP contribution in [0.5, 0.6) is 0 Å². The molecule has 0 bridgehead atoms. The summed E-state index contributed by atoms with van der Waals surface area (Å²) < 4.78 is 31.7. The van der Waals surface area contributed by atoms with Crippen LogP contribution in [0.1, 0.15) is 48.0 Å². The van der Waals surface area contributed by atoms with Crippen molar-refractivity contribution >= 4 is 11.9 Å². The van der Waals surface area contributed by atoms with Crippen LogP contribution in [0.25, 0.3) is 22.5 Å². The fourth-order valence-electron chi connectivity index (χ4n) is 3.57. The van der Waals surface area contributed by atoms with Gasteiger partial charge < -0.3 is 15.4 Å². The standard InChI is InChI=1S/C23H25N3O.C2HF3O2/c1-14-9-16(11-17(10-14)23(2,3)4)20-12-15(5-7-24-20)21-13-18-19(26-21)6-8-25-22(18)27;3-2(4,5)1(6)7/h5,7,9-13,26H,6,8H2,1-4H3,(H,25,27);(H,6,7). The Labute approximate surface area is 195 Å². The van der Waals surface area contributed by atoms with E-state index in [1.54, 1.807) is 0 Å². The van der Waals surface area contributed by atoms with Gasteiger partial charge in [-0.2, -0.15) is 13.2 Å². The Balaban J connectivity index is 0.000000406. The lowest BCUT2D eigenvalue weighted by Gasteiger charge is -2.20. The van der Waals surface area contributed by atoms with Crippen LogP contribution in [0.2, 0.25) is 0 Å². The van der Waals surface area contributed by atoms with E-state index in [4.69, 9.17) is 9.90 Å². The number of carboxylic acid groups (broad SMARTS) is 1. The van der Waals surface area contributed by atoms with Crippen LogP contribution in [0.4, 0.5) is 13.2 Å². The molecule has 3 heterocycles. The van der Waals surface area contributed by atoms with Crippen molar-refractivity contribution in [3.8, 4) is 22.5 Å². The number of aliphatic carboxylic acids is 1. The summed E-state index contributed by atoms with van der Waals surface area (Å²) in [6.45, 7) is 9.49. The molecule has 1 amide bonds. The van der Waals surface area contributed by atoms with Crippen LogP contribution in [0, 0.1) is 6.92 Å². The molecule has 6 nitrogen and oxygen atoms in total. The number of halogens is 3. The van der Waals surface area contributed by atoms with Gasteiger partial charge in [0.05, 0.1) is 11.3 Å². The molecule has 9 heteroatoms. The minimum atomic E-state index is -5.08. The van der Waals surface area contributed by atoms with Gasteiger partial charge in [0, 0.05) is 41.7 Å². The van der Waals surface area contributed by atoms with Crippen molar-refractivity contribution in [3.05, 3.63) is 65.0 Å². The minimum absolute atomic E-state index is 0.00142. The molecule has 34 heavy (non-hydrogen) atoms. The van der Waals surface area contributed by atoms with Crippen LogP contribution in [-0.2, 0) is 16.6 Å². The molecule has 0 saturated carbocycles. The van der Waals surface area contributed by atoms with E-state index in [0.717, 1.165) is 40.2 Å². The lowest BCUT2D eigenvalue weighted by molar-refractivity contribution is -0.192. The molecular formula is C25H26F3N3O3. The van der Waals surface area contributed by atoms with E-state index in [1.807, 2.05) is 18.3 Å². The molecule has 0 saturated heterocycles. The average Bonchev–Trinajstić information content (AvgIpc) is 3.18. The minimum Gasteiger partial charge on any atom is -0.475 e. The van der Waals surface area contributed by atoms with Gasteiger partial charge in [0.15, 0.2) is 0 Å². The molecule has 0 unspecified atom stereocenters. The van der Waals surface area contributed by atoms with Crippen molar-refractivity contribution in [2.75, 3.05) is 6.54 Å². The maximum atomic E-state index is 12.0. The predicted octanol–water partition coefficient (Wildman–Crippen LogP) is 5.27. The highest BCUT2D eigenvalue weighted by Gasteiger charge is 2.38. The molecule has 180 valence electrons. The Kier molecular flexibility index (Phi) is 6.86. The van der Waals surface area contributed by atoms with Gasteiger partial charge in [-0.15, -0.1) is 0 Å². The monoisotopic (exact) mass is 473 g/mol. The number of carbonyl (C=O) groups excluding carboxylic acids is 1. The van der Waals surface area contributed by atoms with Crippen molar-refractivity contribution in [2.24, 2.45) is 0 Å². The van der Waals surface area contributed by atoms with Crippen LogP contribution in [-0.4, -0.2) is 39.7 Å². The third-order valence-electron chi connectivity index (χ3n) is 5.36. The Morgan fingerprint density at radius 3 is 2.32 bits per heavy atom. The van der Waals surface area contributed by atoms with Crippen LogP contribution in [0.3, 0.4) is 0 Å². The number of carboxylic acids is 1. The summed E-state index contributed by atoms with van der Waals surface area (Å²) in [4.78, 5) is 29.0. The number of alkyl halides is 3. The molecule has 0 radical (unpaired) electrons. The first-order valence-corrected chi connectivity index (χ1v) is 10.6. The van der Waals surface area contributed by atoms with Crippen LogP contribution in [0.15, 0.2) is 42.6 Å². The maximum absolute atomic E-state index is 12.0. The first-order valence-electron chi connectivity index (χ1n) is 10.6. The van der Waals surface area contributed by atoms with Crippen molar-refractivity contribution in [1.82, 2.24) is 15.3 Å². The number of carbonyl (C=O) groups is 2. The highest BCUT2D eigenvalue weighted by atomic mass is 19.4. The number of aromatic amines is 1. The average molecular weight is 473 g/mol. The summed E-state index contributed by atoms with van der Waals surface area (Å²) in [5, 5.41) is 10.0. The molecule has 0 aliphatic carbocycles. The second kappa shape index (κ2) is 9.32. The second-order valence-electron chi connectivity index (χ2n) is 9.15. The second-order valence-corrected chi connectivity index (χ2v) is 9.15. The van der Waals surface area contributed by atoms with Crippen molar-refractivity contribution in [2.45, 2.75) is 45.7 Å². The van der Waals surface area contributed by atoms with E-state index in [2.05, 4.69) is 67.2 Å². The van der Waals surface area contributed by atoms with Gasteiger partial charge >= 0.3 is 12.1 Å². The highest BCUT2D eigenvalue weighted by molar-refractivity contribution is 5.97. The maximum Gasteiger partial charge on any atom is 0.490 e. The molecule has 3 N–H and O–H groups in total. The summed E-state index contributed by atoms with van der Waals surface area (Å²) in [7, 11) is 0.